The minimum atomic E-state index is -2.70. The van der Waals surface area contributed by atoms with Gasteiger partial charge in [-0.25, -0.2) is 8.78 Å². The van der Waals surface area contributed by atoms with Crippen LogP contribution in [0.15, 0.2) is 18.5 Å². The number of aromatic nitrogens is 4. The Morgan fingerprint density at radius 1 is 1.14 bits per heavy atom. The van der Waals surface area contributed by atoms with Gasteiger partial charge in [-0.2, -0.15) is 15.0 Å². The lowest BCUT2D eigenvalue weighted by Crippen LogP contribution is -2.41. The van der Waals surface area contributed by atoms with Gasteiger partial charge in [0, 0.05) is 31.7 Å². The third kappa shape index (κ3) is 5.68. The maximum absolute atomic E-state index is 13.3. The lowest BCUT2D eigenvalue weighted by molar-refractivity contribution is 0.0832. The fraction of sp³-hybridized carbons (Fsp3) is 0.609. The summed E-state index contributed by atoms with van der Waals surface area (Å²) in [5, 5.41) is 2.91. The Labute approximate surface area is 201 Å². The molecular weight excluding hydrogens is 460 g/mol. The van der Waals surface area contributed by atoms with E-state index < -0.39 is 17.7 Å². The molecule has 5 rings (SSSR count). The van der Waals surface area contributed by atoms with Crippen molar-refractivity contribution in [3.8, 4) is 11.8 Å². The molecule has 1 atom stereocenters. The standard InChI is InChI=1S/C23H29F2N7O3/c24-23(25)10-15(23)13-35-22-30-19(20(33)28-16-2-1-3-16)29-21(31-22)32-8-5-14(6-9-32)12-34-18-11-27-7-4-17(18)26/h4,7,11,14-16H,1-3,5-6,8-10,12-13H2,(H2,26,27)(H,28,33). The monoisotopic (exact) mass is 489 g/mol. The summed E-state index contributed by atoms with van der Waals surface area (Å²) < 4.78 is 37.8. The molecule has 12 heteroatoms. The molecule has 1 saturated heterocycles. The highest BCUT2D eigenvalue weighted by Crippen LogP contribution is 2.48. The lowest BCUT2D eigenvalue weighted by Gasteiger charge is -2.32. The molecule has 2 aromatic rings. The average molecular weight is 490 g/mol. The molecule has 0 bridgehead atoms. The van der Waals surface area contributed by atoms with E-state index in [1.165, 1.54) is 0 Å². The first-order chi connectivity index (χ1) is 16.9. The van der Waals surface area contributed by atoms with Crippen molar-refractivity contribution in [1.82, 2.24) is 25.3 Å². The number of amides is 1. The first-order valence-corrected chi connectivity index (χ1v) is 12.0. The molecule has 1 aliphatic heterocycles. The van der Waals surface area contributed by atoms with Crippen molar-refractivity contribution in [2.45, 2.75) is 50.5 Å². The molecule has 2 aliphatic carbocycles. The quantitative estimate of drug-likeness (QED) is 0.546. The van der Waals surface area contributed by atoms with Crippen LogP contribution in [-0.2, 0) is 0 Å². The number of nitrogen functional groups attached to an aromatic ring is 1. The second kappa shape index (κ2) is 9.74. The summed E-state index contributed by atoms with van der Waals surface area (Å²) in [7, 11) is 0. The number of anilines is 2. The zero-order valence-corrected chi connectivity index (χ0v) is 19.3. The molecule has 10 nitrogen and oxygen atoms in total. The molecule has 2 aromatic heterocycles. The van der Waals surface area contributed by atoms with Crippen LogP contribution in [0.1, 0.15) is 49.1 Å². The number of nitrogens with two attached hydrogens (primary N) is 1. The van der Waals surface area contributed by atoms with E-state index in [1.807, 2.05) is 4.90 Å². The van der Waals surface area contributed by atoms with E-state index in [-0.39, 0.29) is 30.9 Å². The third-order valence-corrected chi connectivity index (χ3v) is 6.80. The van der Waals surface area contributed by atoms with E-state index in [2.05, 4.69) is 25.3 Å². The molecule has 1 amide bonds. The van der Waals surface area contributed by atoms with Crippen molar-refractivity contribution in [2.75, 3.05) is 36.9 Å². The van der Waals surface area contributed by atoms with Gasteiger partial charge in [0.2, 0.25) is 11.8 Å². The molecule has 0 radical (unpaired) electrons. The van der Waals surface area contributed by atoms with Gasteiger partial charge in [0.1, 0.15) is 6.61 Å². The maximum atomic E-state index is 13.3. The number of rotatable bonds is 9. The third-order valence-electron chi connectivity index (χ3n) is 6.80. The van der Waals surface area contributed by atoms with Gasteiger partial charge in [0.25, 0.3) is 11.8 Å². The smallest absolute Gasteiger partial charge is 0.321 e. The fourth-order valence-corrected chi connectivity index (χ4v) is 4.10. The topological polar surface area (TPSA) is 128 Å². The van der Waals surface area contributed by atoms with E-state index in [0.717, 1.165) is 32.1 Å². The van der Waals surface area contributed by atoms with Crippen molar-refractivity contribution in [3.63, 3.8) is 0 Å². The minimum absolute atomic E-state index is 0.0584. The minimum Gasteiger partial charge on any atom is -0.490 e. The fourth-order valence-electron chi connectivity index (χ4n) is 4.10. The zero-order chi connectivity index (χ0) is 24.4. The first kappa shape index (κ1) is 23.4. The van der Waals surface area contributed by atoms with Crippen molar-refractivity contribution in [1.29, 1.82) is 0 Å². The highest BCUT2D eigenvalue weighted by Gasteiger charge is 2.57. The molecule has 3 fully saturated rings. The number of nitrogens with one attached hydrogen (secondary N) is 1. The number of carbonyl (C=O) groups is 1. The van der Waals surface area contributed by atoms with Crippen LogP contribution >= 0.6 is 0 Å². The van der Waals surface area contributed by atoms with E-state index in [1.54, 1.807) is 18.5 Å². The Morgan fingerprint density at radius 2 is 1.91 bits per heavy atom. The summed E-state index contributed by atoms with van der Waals surface area (Å²) in [5.74, 6) is -2.83. The summed E-state index contributed by atoms with van der Waals surface area (Å²) in [6, 6.07) is 1.71. The number of carbonyl (C=O) groups excluding carboxylic acids is 1. The van der Waals surface area contributed by atoms with Crippen molar-refractivity contribution < 1.29 is 23.0 Å². The van der Waals surface area contributed by atoms with Crippen molar-refractivity contribution in [3.05, 3.63) is 24.3 Å². The molecule has 2 saturated carbocycles. The summed E-state index contributed by atoms with van der Waals surface area (Å²) in [4.78, 5) is 31.5. The predicted molar refractivity (Wildman–Crippen MR) is 123 cm³/mol. The average Bonchev–Trinajstić information content (AvgIpc) is 3.45. The number of pyridine rings is 1. The summed E-state index contributed by atoms with van der Waals surface area (Å²) in [6.45, 7) is 1.60. The van der Waals surface area contributed by atoms with Gasteiger partial charge in [0.05, 0.1) is 24.4 Å². The lowest BCUT2D eigenvalue weighted by atomic mass is 9.93. The van der Waals surface area contributed by atoms with Gasteiger partial charge in [-0.3, -0.25) is 9.78 Å². The Bertz CT molecular complexity index is 1060. The predicted octanol–water partition coefficient (Wildman–Crippen LogP) is 2.46. The van der Waals surface area contributed by atoms with Crippen LogP contribution in [0.25, 0.3) is 0 Å². The first-order valence-electron chi connectivity index (χ1n) is 12.0. The second-order valence-corrected chi connectivity index (χ2v) is 9.47. The summed E-state index contributed by atoms with van der Waals surface area (Å²) in [5.41, 5.74) is 6.46. The molecular formula is C23H29F2N7O3. The van der Waals surface area contributed by atoms with E-state index in [0.29, 0.717) is 43.0 Å². The van der Waals surface area contributed by atoms with Crippen molar-refractivity contribution in [2.24, 2.45) is 11.8 Å². The molecule has 3 N–H and O–H groups in total. The Morgan fingerprint density at radius 3 is 2.57 bits per heavy atom. The second-order valence-electron chi connectivity index (χ2n) is 9.47. The summed E-state index contributed by atoms with van der Waals surface area (Å²) >= 11 is 0. The molecule has 1 unspecified atom stereocenters. The highest BCUT2D eigenvalue weighted by atomic mass is 19.3. The van der Waals surface area contributed by atoms with Gasteiger partial charge in [-0.15, -0.1) is 0 Å². The molecule has 3 heterocycles. The van der Waals surface area contributed by atoms with Crippen LogP contribution in [0.2, 0.25) is 0 Å². The van der Waals surface area contributed by atoms with Gasteiger partial charge in [-0.05, 0) is 44.1 Å². The van der Waals surface area contributed by atoms with Crippen LogP contribution in [0, 0.1) is 11.8 Å². The van der Waals surface area contributed by atoms with E-state index >= 15 is 0 Å². The summed E-state index contributed by atoms with van der Waals surface area (Å²) in [6.07, 6.45) is 7.56. The van der Waals surface area contributed by atoms with E-state index in [4.69, 9.17) is 15.2 Å². The Hall–Kier alpha value is -3.31. The molecule has 188 valence electrons. The van der Waals surface area contributed by atoms with Crippen LogP contribution in [0.5, 0.6) is 11.8 Å². The molecule has 0 aromatic carbocycles. The van der Waals surface area contributed by atoms with E-state index in [9.17, 15) is 13.6 Å². The largest absolute Gasteiger partial charge is 0.490 e. The number of hydrogen-bond donors (Lipinski definition) is 2. The molecule has 0 spiro atoms. The van der Waals surface area contributed by atoms with Gasteiger partial charge < -0.3 is 25.4 Å². The van der Waals surface area contributed by atoms with Crippen LogP contribution in [0.4, 0.5) is 20.4 Å². The van der Waals surface area contributed by atoms with Crippen molar-refractivity contribution >= 4 is 17.5 Å². The Balaban J connectivity index is 1.22. The molecule has 35 heavy (non-hydrogen) atoms. The number of hydrogen-bond acceptors (Lipinski definition) is 9. The SMILES string of the molecule is Nc1ccncc1OCC1CCN(c2nc(OCC3CC3(F)F)nc(C(=O)NC3CCC3)n2)CC1. The number of alkyl halides is 2. The normalized spacial score (nSPS) is 21.8. The highest BCUT2D eigenvalue weighted by molar-refractivity contribution is 5.91. The zero-order valence-electron chi connectivity index (χ0n) is 19.3. The Kier molecular flexibility index (Phi) is 6.52. The van der Waals surface area contributed by atoms with Crippen LogP contribution in [0.3, 0.4) is 0 Å². The number of halogens is 2. The number of ether oxygens (including phenoxy) is 2. The maximum Gasteiger partial charge on any atom is 0.321 e. The molecule has 3 aliphatic rings. The van der Waals surface area contributed by atoms with Gasteiger partial charge >= 0.3 is 6.01 Å². The number of piperidine rings is 1. The van der Waals surface area contributed by atoms with Crippen LogP contribution < -0.4 is 25.4 Å². The number of nitrogens with zero attached hydrogens (tertiary/aromatic N) is 5. The van der Waals surface area contributed by atoms with Gasteiger partial charge in [-0.1, -0.05) is 0 Å². The van der Waals surface area contributed by atoms with Gasteiger partial charge in [0.15, 0.2) is 5.75 Å². The van der Waals surface area contributed by atoms with Crippen LogP contribution in [-0.4, -0.2) is 64.1 Å².